The van der Waals surface area contributed by atoms with E-state index in [9.17, 15) is 9.59 Å². The lowest BCUT2D eigenvalue weighted by atomic mass is 9.95. The summed E-state index contributed by atoms with van der Waals surface area (Å²) in [4.78, 5) is 36.0. The minimum atomic E-state index is 0.00164. The molecular formula is C21H28N4O2. The van der Waals surface area contributed by atoms with Crippen molar-refractivity contribution in [2.24, 2.45) is 5.92 Å². The van der Waals surface area contributed by atoms with Crippen LogP contribution in [-0.2, 0) is 4.79 Å². The molecular weight excluding hydrogens is 340 g/mol. The fourth-order valence-corrected chi connectivity index (χ4v) is 3.42. The summed E-state index contributed by atoms with van der Waals surface area (Å²) in [5.41, 5.74) is 3.96. The third-order valence-electron chi connectivity index (χ3n) is 5.30. The first kappa shape index (κ1) is 19.3. The van der Waals surface area contributed by atoms with E-state index in [1.54, 1.807) is 0 Å². The van der Waals surface area contributed by atoms with E-state index in [1.807, 2.05) is 36.9 Å². The Morgan fingerprint density at radius 2 is 1.78 bits per heavy atom. The van der Waals surface area contributed by atoms with E-state index >= 15 is 0 Å². The molecule has 0 saturated carbocycles. The quantitative estimate of drug-likeness (QED) is 0.823. The summed E-state index contributed by atoms with van der Waals surface area (Å²) in [6.45, 7) is 7.93. The van der Waals surface area contributed by atoms with Crippen LogP contribution < -0.4 is 5.32 Å². The van der Waals surface area contributed by atoms with Crippen LogP contribution in [-0.4, -0.2) is 46.3 Å². The topological polar surface area (TPSA) is 75.2 Å². The van der Waals surface area contributed by atoms with Crippen molar-refractivity contribution in [3.63, 3.8) is 0 Å². The van der Waals surface area contributed by atoms with Crippen molar-refractivity contribution in [2.75, 3.05) is 19.6 Å². The third kappa shape index (κ3) is 4.43. The maximum absolute atomic E-state index is 12.9. The molecule has 1 saturated heterocycles. The zero-order chi connectivity index (χ0) is 19.4. The van der Waals surface area contributed by atoms with E-state index in [2.05, 4.69) is 22.2 Å². The van der Waals surface area contributed by atoms with Gasteiger partial charge >= 0.3 is 0 Å². The summed E-state index contributed by atoms with van der Waals surface area (Å²) < 4.78 is 0. The number of hydrogen-bond acceptors (Lipinski definition) is 4. The second-order valence-electron chi connectivity index (χ2n) is 7.31. The largest absolute Gasteiger partial charge is 0.356 e. The molecule has 6 nitrogen and oxygen atoms in total. The van der Waals surface area contributed by atoms with Gasteiger partial charge in [-0.05, 0) is 51.3 Å². The first-order chi connectivity index (χ1) is 13.0. The Morgan fingerprint density at radius 1 is 1.11 bits per heavy atom. The molecule has 0 bridgehead atoms. The standard InChI is InChI=1S/C21H28N4O2/c1-4-5-10-22-20(26)16-8-11-25(12-9-16)21(27)17-6-7-18-19(13-17)24-15(3)14(2)23-18/h6-7,13,16H,4-5,8-12H2,1-3H3,(H,22,26). The van der Waals surface area contributed by atoms with Crippen LogP contribution in [0.5, 0.6) is 0 Å². The number of aromatic nitrogens is 2. The maximum Gasteiger partial charge on any atom is 0.253 e. The van der Waals surface area contributed by atoms with E-state index in [0.717, 1.165) is 54.6 Å². The molecule has 27 heavy (non-hydrogen) atoms. The van der Waals surface area contributed by atoms with E-state index < -0.39 is 0 Å². The van der Waals surface area contributed by atoms with E-state index in [0.29, 0.717) is 18.7 Å². The molecule has 1 aromatic carbocycles. The van der Waals surface area contributed by atoms with Crippen molar-refractivity contribution in [3.05, 3.63) is 35.2 Å². The molecule has 3 rings (SSSR count). The van der Waals surface area contributed by atoms with Gasteiger partial charge in [0.05, 0.1) is 22.4 Å². The van der Waals surface area contributed by atoms with Crippen LogP contribution >= 0.6 is 0 Å². The van der Waals surface area contributed by atoms with Gasteiger partial charge < -0.3 is 10.2 Å². The normalized spacial score (nSPS) is 15.1. The smallest absolute Gasteiger partial charge is 0.253 e. The summed E-state index contributed by atoms with van der Waals surface area (Å²) in [5, 5.41) is 3.00. The Morgan fingerprint density at radius 3 is 2.44 bits per heavy atom. The first-order valence-electron chi connectivity index (χ1n) is 9.81. The number of piperidine rings is 1. The fourth-order valence-electron chi connectivity index (χ4n) is 3.42. The van der Waals surface area contributed by atoms with Crippen LogP contribution in [0.25, 0.3) is 11.0 Å². The number of carbonyl (C=O) groups is 2. The lowest BCUT2D eigenvalue weighted by Gasteiger charge is -2.31. The number of rotatable bonds is 5. The molecule has 0 aliphatic carbocycles. The number of carbonyl (C=O) groups excluding carboxylic acids is 2. The van der Waals surface area contributed by atoms with Gasteiger partial charge in [0.1, 0.15) is 0 Å². The Labute approximate surface area is 160 Å². The molecule has 144 valence electrons. The molecule has 1 N–H and O–H groups in total. The van der Waals surface area contributed by atoms with Gasteiger partial charge in [-0.1, -0.05) is 13.3 Å². The van der Waals surface area contributed by atoms with Gasteiger partial charge in [0.25, 0.3) is 5.91 Å². The summed E-state index contributed by atoms with van der Waals surface area (Å²) in [7, 11) is 0. The lowest BCUT2D eigenvalue weighted by molar-refractivity contribution is -0.126. The van der Waals surface area contributed by atoms with Gasteiger partial charge in [-0.15, -0.1) is 0 Å². The predicted molar refractivity (Wildman–Crippen MR) is 106 cm³/mol. The maximum atomic E-state index is 12.9. The second-order valence-corrected chi connectivity index (χ2v) is 7.31. The molecule has 2 amide bonds. The fraction of sp³-hybridized carbons (Fsp3) is 0.524. The van der Waals surface area contributed by atoms with Crippen LogP contribution in [0, 0.1) is 19.8 Å². The van der Waals surface area contributed by atoms with E-state index in [-0.39, 0.29) is 17.7 Å². The summed E-state index contributed by atoms with van der Waals surface area (Å²) in [5.74, 6) is 0.142. The number of aryl methyl sites for hydroxylation is 2. The number of benzene rings is 1. The average molecular weight is 368 g/mol. The molecule has 1 aliphatic rings. The highest BCUT2D eigenvalue weighted by Crippen LogP contribution is 2.21. The van der Waals surface area contributed by atoms with Crippen molar-refractivity contribution in [3.8, 4) is 0 Å². The summed E-state index contributed by atoms with van der Waals surface area (Å²) in [6, 6.07) is 5.49. The van der Waals surface area contributed by atoms with E-state index in [1.165, 1.54) is 0 Å². The molecule has 6 heteroatoms. The number of amides is 2. The van der Waals surface area contributed by atoms with Crippen molar-refractivity contribution >= 4 is 22.8 Å². The lowest BCUT2D eigenvalue weighted by Crippen LogP contribution is -2.43. The molecule has 0 atom stereocenters. The predicted octanol–water partition coefficient (Wildman–Crippen LogP) is 3.02. The van der Waals surface area contributed by atoms with Gasteiger partial charge in [-0.2, -0.15) is 0 Å². The Kier molecular flexibility index (Phi) is 6.04. The van der Waals surface area contributed by atoms with E-state index in [4.69, 9.17) is 0 Å². The minimum Gasteiger partial charge on any atom is -0.356 e. The number of fused-ring (bicyclic) bond motifs is 1. The Balaban J connectivity index is 1.63. The monoisotopic (exact) mass is 368 g/mol. The molecule has 1 fully saturated rings. The van der Waals surface area contributed by atoms with Crippen molar-refractivity contribution in [1.29, 1.82) is 0 Å². The zero-order valence-electron chi connectivity index (χ0n) is 16.4. The highest BCUT2D eigenvalue weighted by molar-refractivity contribution is 5.97. The van der Waals surface area contributed by atoms with Crippen molar-refractivity contribution in [2.45, 2.75) is 46.5 Å². The van der Waals surface area contributed by atoms with Crippen molar-refractivity contribution in [1.82, 2.24) is 20.2 Å². The number of nitrogens with one attached hydrogen (secondary N) is 1. The molecule has 1 aromatic heterocycles. The van der Waals surface area contributed by atoms with Crippen LogP contribution in [0.4, 0.5) is 0 Å². The first-order valence-corrected chi connectivity index (χ1v) is 9.81. The number of likely N-dealkylation sites (tertiary alicyclic amines) is 1. The van der Waals surface area contributed by atoms with Crippen LogP contribution in [0.1, 0.15) is 54.4 Å². The molecule has 2 aromatic rings. The van der Waals surface area contributed by atoms with Gasteiger partial charge in [-0.3, -0.25) is 9.59 Å². The van der Waals surface area contributed by atoms with Crippen molar-refractivity contribution < 1.29 is 9.59 Å². The second kappa shape index (κ2) is 8.46. The van der Waals surface area contributed by atoms with Gasteiger partial charge in [0, 0.05) is 31.1 Å². The Hall–Kier alpha value is -2.50. The summed E-state index contributed by atoms with van der Waals surface area (Å²) >= 11 is 0. The van der Waals surface area contributed by atoms with Gasteiger partial charge in [0.15, 0.2) is 0 Å². The average Bonchev–Trinajstić information content (AvgIpc) is 2.68. The highest BCUT2D eigenvalue weighted by atomic mass is 16.2. The molecule has 0 unspecified atom stereocenters. The number of nitrogens with zero attached hydrogens (tertiary/aromatic N) is 3. The van der Waals surface area contributed by atoms with Gasteiger partial charge in [0.2, 0.25) is 5.91 Å². The Bertz CT molecular complexity index is 841. The zero-order valence-corrected chi connectivity index (χ0v) is 16.4. The summed E-state index contributed by atoms with van der Waals surface area (Å²) in [6.07, 6.45) is 3.51. The SMILES string of the molecule is CCCCNC(=O)C1CCN(C(=O)c2ccc3nc(C)c(C)nc3c2)CC1. The molecule has 0 radical (unpaired) electrons. The van der Waals surface area contributed by atoms with Gasteiger partial charge in [-0.25, -0.2) is 9.97 Å². The highest BCUT2D eigenvalue weighted by Gasteiger charge is 2.27. The number of unbranched alkanes of at least 4 members (excludes halogenated alkanes) is 1. The molecule has 0 spiro atoms. The molecule has 1 aliphatic heterocycles. The van der Waals surface area contributed by atoms with Crippen LogP contribution in [0.2, 0.25) is 0 Å². The number of hydrogen-bond donors (Lipinski definition) is 1. The molecule has 2 heterocycles. The minimum absolute atomic E-state index is 0.00164. The van der Waals surface area contributed by atoms with Crippen LogP contribution in [0.3, 0.4) is 0 Å². The van der Waals surface area contributed by atoms with Crippen LogP contribution in [0.15, 0.2) is 18.2 Å². The third-order valence-corrected chi connectivity index (χ3v) is 5.30.